The quantitative estimate of drug-likeness (QED) is 0.728. The largest absolute Gasteiger partial charge is 0.494 e. The van der Waals surface area contributed by atoms with Crippen molar-refractivity contribution in [3.8, 4) is 5.75 Å². The van der Waals surface area contributed by atoms with Crippen molar-refractivity contribution in [3.05, 3.63) is 29.8 Å². The highest BCUT2D eigenvalue weighted by molar-refractivity contribution is 5.30. The van der Waals surface area contributed by atoms with Gasteiger partial charge in [-0.15, -0.1) is 0 Å². The zero-order valence-corrected chi connectivity index (χ0v) is 7.86. The highest BCUT2D eigenvalue weighted by Crippen LogP contribution is 2.17. The topological polar surface area (TPSA) is 61.3 Å². The van der Waals surface area contributed by atoms with E-state index in [9.17, 15) is 0 Å². The van der Waals surface area contributed by atoms with E-state index in [-0.39, 0.29) is 6.04 Å². The molecule has 3 nitrogen and oxygen atoms in total. The van der Waals surface area contributed by atoms with E-state index in [1.807, 2.05) is 31.2 Å². The predicted molar refractivity (Wildman–Crippen MR) is 53.6 cm³/mol. The fourth-order valence-electron chi connectivity index (χ4n) is 1.14. The number of nitrogens with two attached hydrogens (primary N) is 2. The monoisotopic (exact) mass is 180 g/mol. The predicted octanol–water partition coefficient (Wildman–Crippen LogP) is 1.04. The van der Waals surface area contributed by atoms with Crippen LogP contribution in [0.4, 0.5) is 0 Å². The van der Waals surface area contributed by atoms with E-state index < -0.39 is 0 Å². The molecule has 1 rings (SSSR count). The molecule has 0 fully saturated rings. The zero-order chi connectivity index (χ0) is 9.68. The Kier molecular flexibility index (Phi) is 3.73. The van der Waals surface area contributed by atoms with Crippen LogP contribution in [0.3, 0.4) is 0 Å². The number of hydrogen-bond donors (Lipinski definition) is 2. The standard InChI is InChI=1S/C10H16N2O/c1-2-13-9-5-3-4-8(6-9)10(12)7-11/h3-6,10H,2,7,11-12H2,1H3. The van der Waals surface area contributed by atoms with Crippen LogP contribution in [-0.2, 0) is 0 Å². The Morgan fingerprint density at radius 2 is 2.23 bits per heavy atom. The Hall–Kier alpha value is -1.06. The van der Waals surface area contributed by atoms with Gasteiger partial charge in [0.2, 0.25) is 0 Å². The minimum Gasteiger partial charge on any atom is -0.494 e. The van der Waals surface area contributed by atoms with Crippen LogP contribution in [0.5, 0.6) is 5.75 Å². The third kappa shape index (κ3) is 2.72. The minimum absolute atomic E-state index is 0.0968. The van der Waals surface area contributed by atoms with E-state index in [1.165, 1.54) is 0 Å². The summed E-state index contributed by atoms with van der Waals surface area (Å²) in [6, 6.07) is 7.63. The van der Waals surface area contributed by atoms with E-state index in [4.69, 9.17) is 16.2 Å². The van der Waals surface area contributed by atoms with Gasteiger partial charge in [0.1, 0.15) is 5.75 Å². The van der Waals surface area contributed by atoms with Gasteiger partial charge in [0.25, 0.3) is 0 Å². The number of benzene rings is 1. The van der Waals surface area contributed by atoms with Gasteiger partial charge in [-0.1, -0.05) is 12.1 Å². The molecule has 72 valence electrons. The van der Waals surface area contributed by atoms with Crippen LogP contribution in [0.15, 0.2) is 24.3 Å². The van der Waals surface area contributed by atoms with E-state index in [0.29, 0.717) is 13.2 Å². The molecule has 0 bridgehead atoms. The lowest BCUT2D eigenvalue weighted by molar-refractivity contribution is 0.339. The van der Waals surface area contributed by atoms with Crippen LogP contribution in [0.1, 0.15) is 18.5 Å². The number of hydrogen-bond acceptors (Lipinski definition) is 3. The molecule has 4 N–H and O–H groups in total. The van der Waals surface area contributed by atoms with Crippen LogP contribution < -0.4 is 16.2 Å². The van der Waals surface area contributed by atoms with Gasteiger partial charge in [-0.05, 0) is 24.6 Å². The Morgan fingerprint density at radius 3 is 2.85 bits per heavy atom. The van der Waals surface area contributed by atoms with Gasteiger partial charge >= 0.3 is 0 Å². The summed E-state index contributed by atoms with van der Waals surface area (Å²) in [5.74, 6) is 0.851. The van der Waals surface area contributed by atoms with Crippen molar-refractivity contribution in [1.29, 1.82) is 0 Å². The molecule has 0 saturated carbocycles. The molecule has 0 aliphatic rings. The lowest BCUT2D eigenvalue weighted by Gasteiger charge is -2.10. The van der Waals surface area contributed by atoms with Crippen LogP contribution in [0.25, 0.3) is 0 Å². The van der Waals surface area contributed by atoms with Gasteiger partial charge in [0, 0.05) is 12.6 Å². The van der Waals surface area contributed by atoms with Crippen LogP contribution >= 0.6 is 0 Å². The highest BCUT2D eigenvalue weighted by atomic mass is 16.5. The van der Waals surface area contributed by atoms with E-state index in [1.54, 1.807) is 0 Å². The van der Waals surface area contributed by atoms with Gasteiger partial charge in [-0.3, -0.25) is 0 Å². The molecule has 13 heavy (non-hydrogen) atoms. The lowest BCUT2D eigenvalue weighted by atomic mass is 10.1. The Labute approximate surface area is 78.7 Å². The first kappa shape index (κ1) is 10.0. The summed E-state index contributed by atoms with van der Waals surface area (Å²) >= 11 is 0. The maximum atomic E-state index is 5.78. The molecule has 1 aromatic carbocycles. The maximum absolute atomic E-state index is 5.78. The van der Waals surface area contributed by atoms with Crippen molar-refractivity contribution in [1.82, 2.24) is 0 Å². The first-order valence-electron chi connectivity index (χ1n) is 4.46. The molecule has 0 aliphatic carbocycles. The van der Waals surface area contributed by atoms with E-state index >= 15 is 0 Å². The molecular weight excluding hydrogens is 164 g/mol. The maximum Gasteiger partial charge on any atom is 0.119 e. The summed E-state index contributed by atoms with van der Waals surface area (Å²) in [7, 11) is 0. The number of ether oxygens (including phenoxy) is 1. The second-order valence-corrected chi connectivity index (χ2v) is 2.85. The molecule has 1 aromatic rings. The van der Waals surface area contributed by atoms with Crippen molar-refractivity contribution in [3.63, 3.8) is 0 Å². The van der Waals surface area contributed by atoms with Crippen LogP contribution in [0, 0.1) is 0 Å². The van der Waals surface area contributed by atoms with E-state index in [2.05, 4.69) is 0 Å². The number of rotatable bonds is 4. The molecule has 1 unspecified atom stereocenters. The average molecular weight is 180 g/mol. The minimum atomic E-state index is -0.0968. The van der Waals surface area contributed by atoms with Crippen LogP contribution in [-0.4, -0.2) is 13.2 Å². The summed E-state index contributed by atoms with van der Waals surface area (Å²) in [5, 5.41) is 0. The smallest absolute Gasteiger partial charge is 0.119 e. The van der Waals surface area contributed by atoms with Crippen molar-refractivity contribution >= 4 is 0 Å². The molecule has 0 spiro atoms. The summed E-state index contributed by atoms with van der Waals surface area (Å²) in [5.41, 5.74) is 12.3. The molecule has 0 aliphatic heterocycles. The van der Waals surface area contributed by atoms with Crippen molar-refractivity contribution in [2.75, 3.05) is 13.2 Å². The van der Waals surface area contributed by atoms with Crippen molar-refractivity contribution in [2.24, 2.45) is 11.5 Å². The molecule has 3 heteroatoms. The molecular formula is C10H16N2O. The van der Waals surface area contributed by atoms with Gasteiger partial charge in [0.15, 0.2) is 0 Å². The fraction of sp³-hybridized carbons (Fsp3) is 0.400. The van der Waals surface area contributed by atoms with Gasteiger partial charge in [-0.25, -0.2) is 0 Å². The second-order valence-electron chi connectivity index (χ2n) is 2.85. The third-order valence-corrected chi connectivity index (χ3v) is 1.85. The second kappa shape index (κ2) is 4.84. The SMILES string of the molecule is CCOc1cccc(C(N)CN)c1. The first-order chi connectivity index (χ1) is 6.27. The summed E-state index contributed by atoms with van der Waals surface area (Å²) in [4.78, 5) is 0. The molecule has 0 radical (unpaired) electrons. The Morgan fingerprint density at radius 1 is 1.46 bits per heavy atom. The van der Waals surface area contributed by atoms with Crippen LogP contribution in [0.2, 0.25) is 0 Å². The van der Waals surface area contributed by atoms with E-state index in [0.717, 1.165) is 11.3 Å². The summed E-state index contributed by atoms with van der Waals surface area (Å²) in [6.45, 7) is 3.08. The van der Waals surface area contributed by atoms with Crippen molar-refractivity contribution < 1.29 is 4.74 Å². The summed E-state index contributed by atoms with van der Waals surface area (Å²) < 4.78 is 5.34. The molecule has 1 atom stereocenters. The Balaban J connectivity index is 2.78. The first-order valence-corrected chi connectivity index (χ1v) is 4.46. The normalized spacial score (nSPS) is 12.5. The fourth-order valence-corrected chi connectivity index (χ4v) is 1.14. The van der Waals surface area contributed by atoms with Gasteiger partial charge < -0.3 is 16.2 Å². The average Bonchev–Trinajstić information content (AvgIpc) is 2.18. The molecule has 0 amide bonds. The molecule has 0 saturated heterocycles. The lowest BCUT2D eigenvalue weighted by Crippen LogP contribution is -2.20. The van der Waals surface area contributed by atoms with Crippen molar-refractivity contribution in [2.45, 2.75) is 13.0 Å². The van der Waals surface area contributed by atoms with Gasteiger partial charge in [-0.2, -0.15) is 0 Å². The van der Waals surface area contributed by atoms with Gasteiger partial charge in [0.05, 0.1) is 6.61 Å². The molecule has 0 aromatic heterocycles. The third-order valence-electron chi connectivity index (χ3n) is 1.85. The zero-order valence-electron chi connectivity index (χ0n) is 7.86. The highest BCUT2D eigenvalue weighted by Gasteiger charge is 2.03. The summed E-state index contributed by atoms with van der Waals surface area (Å²) in [6.07, 6.45) is 0. The Bertz CT molecular complexity index is 263. The molecule has 0 heterocycles.